The smallest absolute Gasteiger partial charge is 0.239 e. The molecule has 0 saturated carbocycles. The number of rotatable bonds is 6. The van der Waals surface area contributed by atoms with Crippen LogP contribution in [0.1, 0.15) is 20.3 Å². The molecule has 0 aromatic heterocycles. The van der Waals surface area contributed by atoms with E-state index in [0.29, 0.717) is 6.54 Å². The van der Waals surface area contributed by atoms with Crippen LogP contribution in [-0.2, 0) is 4.79 Å². The van der Waals surface area contributed by atoms with E-state index in [9.17, 15) is 4.79 Å². The number of hydrogen-bond acceptors (Lipinski definition) is 3. The van der Waals surface area contributed by atoms with Gasteiger partial charge in [0.2, 0.25) is 5.91 Å². The lowest BCUT2D eigenvalue weighted by Crippen LogP contribution is -2.36. The van der Waals surface area contributed by atoms with Crippen LogP contribution in [0.15, 0.2) is 0 Å². The maximum atomic E-state index is 11.9. The Morgan fingerprint density at radius 1 is 1.25 bits per heavy atom. The van der Waals surface area contributed by atoms with Gasteiger partial charge in [-0.25, -0.2) is 0 Å². The van der Waals surface area contributed by atoms with Crippen LogP contribution in [0.3, 0.4) is 0 Å². The third-order valence-electron chi connectivity index (χ3n) is 2.55. The van der Waals surface area contributed by atoms with Gasteiger partial charge in [-0.3, -0.25) is 4.79 Å². The maximum Gasteiger partial charge on any atom is 0.239 e. The van der Waals surface area contributed by atoms with Crippen molar-refractivity contribution in [2.45, 2.75) is 20.3 Å². The van der Waals surface area contributed by atoms with Gasteiger partial charge in [0.25, 0.3) is 0 Å². The highest BCUT2D eigenvalue weighted by Crippen LogP contribution is 2.12. The molecule has 0 rings (SSSR count). The van der Waals surface area contributed by atoms with Gasteiger partial charge in [0, 0.05) is 13.6 Å². The first-order valence-corrected chi connectivity index (χ1v) is 5.69. The molecule has 4 heteroatoms. The molecule has 4 nitrogen and oxygen atoms in total. The molecular formula is C12H23N3O. The van der Waals surface area contributed by atoms with Crippen molar-refractivity contribution in [3.8, 4) is 6.07 Å². The Kier molecular flexibility index (Phi) is 6.75. The summed E-state index contributed by atoms with van der Waals surface area (Å²) in [6.45, 7) is 5.47. The Morgan fingerprint density at radius 3 is 2.19 bits per heavy atom. The zero-order valence-corrected chi connectivity index (χ0v) is 11.0. The number of hydrogen-bond donors (Lipinski definition) is 0. The molecule has 0 aliphatic carbocycles. The van der Waals surface area contributed by atoms with Crippen molar-refractivity contribution in [1.82, 2.24) is 9.80 Å². The lowest BCUT2D eigenvalue weighted by atomic mass is 9.96. The molecule has 0 saturated heterocycles. The number of nitriles is 1. The minimum absolute atomic E-state index is 0.0590. The topological polar surface area (TPSA) is 47.3 Å². The molecule has 0 heterocycles. The minimum Gasteiger partial charge on any atom is -0.345 e. The quantitative estimate of drug-likeness (QED) is 0.682. The standard InChI is InChI=1S/C12H23N3O/c1-10(2)11(9-13)12(16)15(5)8-6-7-14(3)4/h10-11H,6-8H2,1-5H3. The van der Waals surface area contributed by atoms with Gasteiger partial charge in [-0.2, -0.15) is 5.26 Å². The van der Waals surface area contributed by atoms with Crippen LogP contribution < -0.4 is 0 Å². The maximum absolute atomic E-state index is 11.9. The fourth-order valence-corrected chi connectivity index (χ4v) is 1.46. The van der Waals surface area contributed by atoms with E-state index in [1.807, 2.05) is 27.9 Å². The fourth-order valence-electron chi connectivity index (χ4n) is 1.46. The normalized spacial score (nSPS) is 12.6. The van der Waals surface area contributed by atoms with E-state index in [1.54, 1.807) is 11.9 Å². The first-order valence-electron chi connectivity index (χ1n) is 5.69. The molecule has 0 bridgehead atoms. The number of carbonyl (C=O) groups excluding carboxylic acids is 1. The second-order valence-corrected chi connectivity index (χ2v) is 4.77. The highest BCUT2D eigenvalue weighted by molar-refractivity contribution is 5.81. The summed E-state index contributed by atoms with van der Waals surface area (Å²) < 4.78 is 0. The first kappa shape index (κ1) is 14.9. The van der Waals surface area contributed by atoms with E-state index in [-0.39, 0.29) is 11.8 Å². The fraction of sp³-hybridized carbons (Fsp3) is 0.833. The van der Waals surface area contributed by atoms with Crippen LogP contribution in [-0.4, -0.2) is 49.9 Å². The van der Waals surface area contributed by atoms with E-state index in [1.165, 1.54) is 0 Å². The van der Waals surface area contributed by atoms with Crippen LogP contribution in [0.2, 0.25) is 0 Å². The van der Waals surface area contributed by atoms with Gasteiger partial charge in [-0.05, 0) is 33.0 Å². The Hall–Kier alpha value is -1.08. The van der Waals surface area contributed by atoms with Crippen molar-refractivity contribution in [3.05, 3.63) is 0 Å². The number of amides is 1. The van der Waals surface area contributed by atoms with E-state index in [4.69, 9.17) is 5.26 Å². The van der Waals surface area contributed by atoms with Gasteiger partial charge in [0.05, 0.1) is 6.07 Å². The van der Waals surface area contributed by atoms with Crippen molar-refractivity contribution in [3.63, 3.8) is 0 Å². The molecule has 0 aliphatic rings. The average molecular weight is 225 g/mol. The van der Waals surface area contributed by atoms with Crippen molar-refractivity contribution in [1.29, 1.82) is 5.26 Å². The van der Waals surface area contributed by atoms with Crippen molar-refractivity contribution >= 4 is 5.91 Å². The van der Waals surface area contributed by atoms with Gasteiger partial charge in [0.15, 0.2) is 0 Å². The summed E-state index contributed by atoms with van der Waals surface area (Å²) in [5.74, 6) is -0.491. The molecule has 0 radical (unpaired) electrons. The van der Waals surface area contributed by atoms with E-state index >= 15 is 0 Å². The van der Waals surface area contributed by atoms with Crippen molar-refractivity contribution < 1.29 is 4.79 Å². The molecule has 0 N–H and O–H groups in total. The highest BCUT2D eigenvalue weighted by atomic mass is 16.2. The zero-order valence-electron chi connectivity index (χ0n) is 11.0. The molecule has 92 valence electrons. The average Bonchev–Trinajstić information content (AvgIpc) is 2.17. The summed E-state index contributed by atoms with van der Waals surface area (Å²) in [6, 6.07) is 2.08. The predicted octanol–water partition coefficient (Wildman–Crippen LogP) is 1.19. The van der Waals surface area contributed by atoms with Crippen LogP contribution in [0.4, 0.5) is 0 Å². The predicted molar refractivity (Wildman–Crippen MR) is 64.7 cm³/mol. The SMILES string of the molecule is CC(C)C(C#N)C(=O)N(C)CCCN(C)C. The number of nitrogens with zero attached hydrogens (tertiary/aromatic N) is 3. The summed E-state index contributed by atoms with van der Waals surface area (Å²) in [6.07, 6.45) is 0.936. The zero-order chi connectivity index (χ0) is 12.7. The summed E-state index contributed by atoms with van der Waals surface area (Å²) in [5, 5.41) is 8.92. The summed E-state index contributed by atoms with van der Waals surface area (Å²) in [7, 11) is 5.78. The summed E-state index contributed by atoms with van der Waals surface area (Å²) in [4.78, 5) is 15.6. The molecule has 0 aromatic carbocycles. The monoisotopic (exact) mass is 225 g/mol. The molecule has 0 aliphatic heterocycles. The number of carbonyl (C=O) groups is 1. The third kappa shape index (κ3) is 5.13. The molecular weight excluding hydrogens is 202 g/mol. The Morgan fingerprint density at radius 2 is 1.81 bits per heavy atom. The molecule has 1 unspecified atom stereocenters. The van der Waals surface area contributed by atoms with Gasteiger partial charge < -0.3 is 9.80 Å². The Bertz CT molecular complexity index is 255. The van der Waals surface area contributed by atoms with Gasteiger partial charge >= 0.3 is 0 Å². The van der Waals surface area contributed by atoms with Crippen molar-refractivity contribution in [2.75, 3.05) is 34.2 Å². The Labute approximate surface area is 98.8 Å². The van der Waals surface area contributed by atoms with E-state index in [2.05, 4.69) is 11.0 Å². The van der Waals surface area contributed by atoms with Crippen LogP contribution in [0, 0.1) is 23.2 Å². The second kappa shape index (κ2) is 7.24. The second-order valence-electron chi connectivity index (χ2n) is 4.77. The molecule has 16 heavy (non-hydrogen) atoms. The van der Waals surface area contributed by atoms with Crippen LogP contribution in [0.25, 0.3) is 0 Å². The molecule has 0 aromatic rings. The molecule has 1 atom stereocenters. The molecule has 1 amide bonds. The van der Waals surface area contributed by atoms with Crippen molar-refractivity contribution in [2.24, 2.45) is 11.8 Å². The van der Waals surface area contributed by atoms with E-state index in [0.717, 1.165) is 13.0 Å². The largest absolute Gasteiger partial charge is 0.345 e. The highest BCUT2D eigenvalue weighted by Gasteiger charge is 2.24. The van der Waals surface area contributed by atoms with Gasteiger partial charge in [-0.15, -0.1) is 0 Å². The van der Waals surface area contributed by atoms with Crippen LogP contribution >= 0.6 is 0 Å². The summed E-state index contributed by atoms with van der Waals surface area (Å²) >= 11 is 0. The third-order valence-corrected chi connectivity index (χ3v) is 2.55. The first-order chi connectivity index (χ1) is 7.40. The van der Waals surface area contributed by atoms with Gasteiger partial charge in [-0.1, -0.05) is 13.8 Å². The van der Waals surface area contributed by atoms with Crippen LogP contribution in [0.5, 0.6) is 0 Å². The lowest BCUT2D eigenvalue weighted by Gasteiger charge is -2.22. The summed E-state index contributed by atoms with van der Waals surface area (Å²) in [5.41, 5.74) is 0. The Balaban J connectivity index is 4.13. The van der Waals surface area contributed by atoms with Gasteiger partial charge in [0.1, 0.15) is 5.92 Å². The molecule has 0 fully saturated rings. The van der Waals surface area contributed by atoms with E-state index < -0.39 is 5.92 Å². The lowest BCUT2D eigenvalue weighted by molar-refractivity contribution is -0.133. The molecule has 0 spiro atoms. The minimum atomic E-state index is -0.510.